The molecule has 1 amide bonds. The second-order valence-corrected chi connectivity index (χ2v) is 1.25. The number of carbonyl (C=O) groups is 1. The number of rotatable bonds is 1. The summed E-state index contributed by atoms with van der Waals surface area (Å²) < 4.78 is 33.3. The van der Waals surface area contributed by atoms with Gasteiger partial charge in [0.15, 0.2) is 0 Å². The molecule has 0 unspecified atom stereocenters. The van der Waals surface area contributed by atoms with E-state index in [2.05, 4.69) is 5.73 Å². The SMILES string of the molecule is NCC(=O)NC(F)(F)F. The van der Waals surface area contributed by atoms with E-state index >= 15 is 0 Å². The van der Waals surface area contributed by atoms with Crippen LogP contribution in [0.4, 0.5) is 13.2 Å². The minimum atomic E-state index is -4.66. The molecule has 0 bridgehead atoms. The number of alkyl halides is 3. The van der Waals surface area contributed by atoms with Crippen molar-refractivity contribution >= 4 is 5.91 Å². The average Bonchev–Trinajstić information content (AvgIpc) is 1.62. The summed E-state index contributed by atoms with van der Waals surface area (Å²) in [4.78, 5) is 9.87. The fourth-order valence-electron chi connectivity index (χ4n) is 0.209. The predicted octanol–water partition coefficient (Wildman–Crippen LogP) is -0.419. The van der Waals surface area contributed by atoms with E-state index in [-0.39, 0.29) is 0 Å². The summed E-state index contributed by atoms with van der Waals surface area (Å²) in [5.41, 5.74) is 4.57. The molecule has 3 N–H and O–H groups in total. The fraction of sp³-hybridized carbons (Fsp3) is 0.667. The van der Waals surface area contributed by atoms with Crippen LogP contribution in [0.15, 0.2) is 0 Å². The summed E-state index contributed by atoms with van der Waals surface area (Å²) in [6.07, 6.45) is -4.66. The highest BCUT2D eigenvalue weighted by molar-refractivity contribution is 5.77. The second kappa shape index (κ2) is 2.67. The lowest BCUT2D eigenvalue weighted by molar-refractivity contribution is -0.168. The van der Waals surface area contributed by atoms with Crippen LogP contribution < -0.4 is 11.1 Å². The van der Waals surface area contributed by atoms with Crippen molar-refractivity contribution in [1.29, 1.82) is 0 Å². The second-order valence-electron chi connectivity index (χ2n) is 1.25. The van der Waals surface area contributed by atoms with Crippen molar-refractivity contribution in [2.24, 2.45) is 5.73 Å². The van der Waals surface area contributed by atoms with Gasteiger partial charge >= 0.3 is 6.30 Å². The third-order valence-electron chi connectivity index (χ3n) is 0.467. The Morgan fingerprint density at radius 1 is 1.56 bits per heavy atom. The zero-order valence-corrected chi connectivity index (χ0v) is 4.33. The summed E-state index contributed by atoms with van der Waals surface area (Å²) in [6.45, 7) is -0.653. The van der Waals surface area contributed by atoms with E-state index in [1.54, 1.807) is 0 Å². The molecule has 0 fully saturated rings. The highest BCUT2D eigenvalue weighted by Gasteiger charge is 2.28. The zero-order valence-electron chi connectivity index (χ0n) is 4.33. The highest BCUT2D eigenvalue weighted by atomic mass is 19.4. The molecule has 9 heavy (non-hydrogen) atoms. The fourth-order valence-corrected chi connectivity index (χ4v) is 0.209. The first-order valence-corrected chi connectivity index (χ1v) is 2.03. The molecule has 0 aliphatic heterocycles. The van der Waals surface area contributed by atoms with Crippen molar-refractivity contribution in [3.05, 3.63) is 0 Å². The monoisotopic (exact) mass is 142 g/mol. The molecule has 0 aliphatic carbocycles. The Hall–Kier alpha value is -0.780. The smallest absolute Gasteiger partial charge is 0.322 e. The van der Waals surface area contributed by atoms with Gasteiger partial charge in [-0.15, -0.1) is 0 Å². The van der Waals surface area contributed by atoms with Crippen molar-refractivity contribution in [2.75, 3.05) is 6.54 Å². The minimum Gasteiger partial charge on any atom is -0.322 e. The van der Waals surface area contributed by atoms with Gasteiger partial charge in [-0.25, -0.2) is 0 Å². The van der Waals surface area contributed by atoms with Gasteiger partial charge in [-0.2, -0.15) is 13.2 Å². The number of carbonyl (C=O) groups excluding carboxylic acids is 1. The van der Waals surface area contributed by atoms with Crippen LogP contribution in [0.25, 0.3) is 0 Å². The van der Waals surface area contributed by atoms with E-state index in [0.717, 1.165) is 0 Å². The van der Waals surface area contributed by atoms with Crippen molar-refractivity contribution in [2.45, 2.75) is 6.30 Å². The van der Waals surface area contributed by atoms with Crippen molar-refractivity contribution < 1.29 is 18.0 Å². The van der Waals surface area contributed by atoms with E-state index in [0.29, 0.717) is 5.32 Å². The zero-order chi connectivity index (χ0) is 7.49. The van der Waals surface area contributed by atoms with E-state index in [4.69, 9.17) is 0 Å². The highest BCUT2D eigenvalue weighted by Crippen LogP contribution is 2.08. The minimum absolute atomic E-state index is 0.653. The molecule has 0 aliphatic rings. The molecular formula is C3H5F3N2O. The normalized spacial score (nSPS) is 11.1. The van der Waals surface area contributed by atoms with Crippen LogP contribution in [0.5, 0.6) is 0 Å². The van der Waals surface area contributed by atoms with Crippen molar-refractivity contribution in [3.63, 3.8) is 0 Å². The van der Waals surface area contributed by atoms with Gasteiger partial charge in [0.1, 0.15) is 0 Å². The standard InChI is InChI=1S/C3H5F3N2O/c4-3(5,6)8-2(9)1-7/h1,7H2,(H,8,9). The number of amides is 1. The van der Waals surface area contributed by atoms with Gasteiger partial charge in [0, 0.05) is 0 Å². The number of hydrogen-bond donors (Lipinski definition) is 2. The Morgan fingerprint density at radius 2 is 2.00 bits per heavy atom. The van der Waals surface area contributed by atoms with Crippen LogP contribution in [0, 0.1) is 0 Å². The van der Waals surface area contributed by atoms with E-state index in [9.17, 15) is 18.0 Å². The molecule has 0 aromatic rings. The van der Waals surface area contributed by atoms with Gasteiger partial charge in [-0.05, 0) is 0 Å². The maximum atomic E-state index is 11.1. The molecule has 0 aromatic heterocycles. The van der Waals surface area contributed by atoms with Gasteiger partial charge in [0.25, 0.3) is 0 Å². The number of nitrogens with one attached hydrogen (secondary N) is 1. The van der Waals surface area contributed by atoms with Crippen molar-refractivity contribution in [1.82, 2.24) is 5.32 Å². The Balaban J connectivity index is 3.60. The molecule has 6 heteroatoms. The molecule has 0 aromatic carbocycles. The summed E-state index contributed by atoms with van der Waals surface area (Å²) in [5, 5.41) is 0.705. The molecular weight excluding hydrogens is 137 g/mol. The first-order valence-electron chi connectivity index (χ1n) is 2.03. The maximum Gasteiger partial charge on any atom is 0.484 e. The molecule has 0 saturated heterocycles. The lowest BCUT2D eigenvalue weighted by Gasteiger charge is -2.05. The first kappa shape index (κ1) is 8.22. The van der Waals surface area contributed by atoms with Gasteiger partial charge in [0.2, 0.25) is 5.91 Å². The van der Waals surface area contributed by atoms with Gasteiger partial charge in [-0.1, -0.05) is 0 Å². The molecule has 54 valence electrons. The quantitative estimate of drug-likeness (QED) is 0.488. The van der Waals surface area contributed by atoms with Gasteiger partial charge in [0.05, 0.1) is 6.54 Å². The Morgan fingerprint density at radius 3 is 2.11 bits per heavy atom. The molecule has 0 atom stereocenters. The Kier molecular flexibility index (Phi) is 2.44. The third-order valence-corrected chi connectivity index (χ3v) is 0.467. The molecule has 0 heterocycles. The third kappa shape index (κ3) is 5.09. The molecule has 0 saturated carbocycles. The molecule has 0 spiro atoms. The summed E-state index contributed by atoms with van der Waals surface area (Å²) in [6, 6.07) is 0. The van der Waals surface area contributed by atoms with Crippen molar-refractivity contribution in [3.8, 4) is 0 Å². The van der Waals surface area contributed by atoms with Crippen LogP contribution in [0.3, 0.4) is 0 Å². The first-order chi connectivity index (χ1) is 3.95. The number of hydrogen-bond acceptors (Lipinski definition) is 2. The maximum absolute atomic E-state index is 11.1. The summed E-state index contributed by atoms with van der Waals surface area (Å²) in [7, 11) is 0. The van der Waals surface area contributed by atoms with Crippen LogP contribution in [-0.2, 0) is 4.79 Å². The van der Waals surface area contributed by atoms with Crippen LogP contribution >= 0.6 is 0 Å². The lowest BCUT2D eigenvalue weighted by Crippen LogP contribution is -2.40. The van der Waals surface area contributed by atoms with E-state index in [1.165, 1.54) is 0 Å². The molecule has 3 nitrogen and oxygen atoms in total. The largest absolute Gasteiger partial charge is 0.484 e. The topological polar surface area (TPSA) is 55.1 Å². The summed E-state index contributed by atoms with van der Waals surface area (Å²) in [5.74, 6) is -1.23. The lowest BCUT2D eigenvalue weighted by atomic mass is 10.6. The Labute approximate surface area is 49.0 Å². The predicted molar refractivity (Wildman–Crippen MR) is 23.3 cm³/mol. The van der Waals surface area contributed by atoms with Crippen LogP contribution in [0.1, 0.15) is 0 Å². The van der Waals surface area contributed by atoms with Crippen LogP contribution in [0.2, 0.25) is 0 Å². The summed E-state index contributed by atoms with van der Waals surface area (Å²) >= 11 is 0. The average molecular weight is 142 g/mol. The number of nitrogens with two attached hydrogens (primary N) is 1. The Bertz CT molecular complexity index is 110. The van der Waals surface area contributed by atoms with E-state index < -0.39 is 18.8 Å². The van der Waals surface area contributed by atoms with E-state index in [1.807, 2.05) is 0 Å². The van der Waals surface area contributed by atoms with Crippen LogP contribution in [-0.4, -0.2) is 18.8 Å². The van der Waals surface area contributed by atoms with Gasteiger partial charge < -0.3 is 5.73 Å². The molecule has 0 radical (unpaired) electrons. The molecule has 0 rings (SSSR count). The number of halogens is 3. The van der Waals surface area contributed by atoms with Gasteiger partial charge in [-0.3, -0.25) is 10.1 Å².